The predicted octanol–water partition coefficient (Wildman–Crippen LogP) is 18.2. The van der Waals surface area contributed by atoms with E-state index < -0.39 is 0 Å². The Balaban J connectivity index is 0.000000133. The van der Waals surface area contributed by atoms with E-state index in [9.17, 15) is 4.79 Å². The molecule has 9 aromatic carbocycles. The van der Waals surface area contributed by atoms with Crippen LogP contribution in [0.5, 0.6) is 0 Å². The van der Waals surface area contributed by atoms with E-state index >= 15 is 0 Å². The summed E-state index contributed by atoms with van der Waals surface area (Å²) in [6, 6.07) is 57.9. The molecule has 538 valence electrons. The second-order valence-electron chi connectivity index (χ2n) is 28.5. The first-order valence-corrected chi connectivity index (χ1v) is 38.5. The SMILES string of the molecule is CC(=O)N1CC[C@H](Nc2cc(-c3ccc4c(c3)N(C)CCCN4)c3ccccc3c2)C1.CN(CCCCl)c1cc(Br)ccc1N.CN1CCCNc2ccc(-c3cc(Cl)cc4ccccc34)cc21.CN1CCCNc2ccc(B3OC(C)(C)C(C)(C)O3)cc21.CN1CCCNc2ccc(Br)cc21. The molecule has 1 atom stereocenters. The molecule has 102 heavy (non-hydrogen) atoms. The van der Waals surface area contributed by atoms with Gasteiger partial charge in [-0.15, -0.1) is 11.6 Å². The van der Waals surface area contributed by atoms with E-state index in [0.717, 1.165) is 141 Å². The maximum absolute atomic E-state index is 11.7. The Morgan fingerprint density at radius 2 is 1.05 bits per heavy atom. The van der Waals surface area contributed by atoms with Crippen LogP contribution in [0.25, 0.3) is 43.8 Å². The summed E-state index contributed by atoms with van der Waals surface area (Å²) >= 11 is 18.9. The third-order valence-corrected chi connectivity index (χ3v) is 21.9. The number of anilines is 11. The minimum Gasteiger partial charge on any atom is -0.399 e. The van der Waals surface area contributed by atoms with Gasteiger partial charge in [-0.25, -0.2) is 0 Å². The third kappa shape index (κ3) is 18.6. The minimum atomic E-state index is -0.297. The Hall–Kier alpha value is -7.71. The summed E-state index contributed by atoms with van der Waals surface area (Å²) in [5.41, 5.74) is 24.0. The lowest BCUT2D eigenvalue weighted by molar-refractivity contribution is -0.127. The molecule has 2 fully saturated rings. The Kier molecular flexibility index (Phi) is 25.3. The molecule has 6 aliphatic heterocycles. The average molecular weight is 1540 g/mol. The highest BCUT2D eigenvalue weighted by molar-refractivity contribution is 9.10. The van der Waals surface area contributed by atoms with Crippen molar-refractivity contribution in [1.29, 1.82) is 0 Å². The van der Waals surface area contributed by atoms with Crippen LogP contribution >= 0.6 is 55.1 Å². The molecule has 0 spiro atoms. The number of halogens is 4. The van der Waals surface area contributed by atoms with E-state index in [1.165, 1.54) is 95.7 Å². The normalized spacial score (nSPS) is 17.1. The molecule has 9 aromatic rings. The molecule has 0 saturated carbocycles. The van der Waals surface area contributed by atoms with Gasteiger partial charge in [0, 0.05) is 146 Å². The second kappa shape index (κ2) is 34.3. The molecule has 0 aliphatic carbocycles. The van der Waals surface area contributed by atoms with Crippen LogP contribution in [0.1, 0.15) is 73.1 Å². The smallest absolute Gasteiger partial charge is 0.399 e. The Bertz CT molecular complexity index is 4360. The first-order valence-electron chi connectivity index (χ1n) is 36.0. The van der Waals surface area contributed by atoms with E-state index in [1.807, 2.05) is 36.2 Å². The summed E-state index contributed by atoms with van der Waals surface area (Å²) in [5.74, 6) is 0.837. The Labute approximate surface area is 632 Å². The van der Waals surface area contributed by atoms with Crippen LogP contribution in [-0.2, 0) is 14.1 Å². The average Bonchev–Trinajstić information content (AvgIpc) is 1.81. The molecule has 0 bridgehead atoms. The molecular weight excluding hydrogens is 1440 g/mol. The number of amides is 1. The summed E-state index contributed by atoms with van der Waals surface area (Å²) in [5, 5.41) is 23.3. The number of fused-ring (bicyclic) bond motifs is 6. The fraction of sp³-hybridized carbons (Fsp3) is 0.378. The van der Waals surface area contributed by atoms with Crippen LogP contribution in [0, 0.1) is 0 Å². The minimum absolute atomic E-state index is 0.159. The largest absolute Gasteiger partial charge is 0.494 e. The molecule has 15 rings (SSSR count). The van der Waals surface area contributed by atoms with Crippen molar-refractivity contribution in [3.05, 3.63) is 178 Å². The van der Waals surface area contributed by atoms with Gasteiger partial charge in [0.15, 0.2) is 0 Å². The van der Waals surface area contributed by atoms with Crippen molar-refractivity contribution in [1.82, 2.24) is 4.90 Å². The highest BCUT2D eigenvalue weighted by atomic mass is 79.9. The molecule has 0 radical (unpaired) electrons. The molecule has 0 unspecified atom stereocenters. The van der Waals surface area contributed by atoms with Crippen LogP contribution in [0.4, 0.5) is 62.6 Å². The third-order valence-electron chi connectivity index (χ3n) is 20.4. The number of nitrogens with zero attached hydrogens (tertiary/aromatic N) is 6. The molecule has 7 N–H and O–H groups in total. The van der Waals surface area contributed by atoms with E-state index in [4.69, 9.17) is 38.2 Å². The Morgan fingerprint density at radius 3 is 1.57 bits per heavy atom. The molecule has 6 aliphatic rings. The molecule has 15 nitrogen and oxygen atoms in total. The number of hydrogen-bond acceptors (Lipinski definition) is 14. The van der Waals surface area contributed by atoms with Gasteiger partial charge in [-0.1, -0.05) is 110 Å². The number of nitrogen functional groups attached to an aromatic ring is 1. The van der Waals surface area contributed by atoms with Gasteiger partial charge in [0.25, 0.3) is 0 Å². The molecule has 2 saturated heterocycles. The van der Waals surface area contributed by atoms with Crippen LogP contribution in [-0.4, -0.2) is 148 Å². The van der Waals surface area contributed by atoms with Crippen LogP contribution in [0.15, 0.2) is 173 Å². The van der Waals surface area contributed by atoms with Gasteiger partial charge in [-0.3, -0.25) is 4.79 Å². The zero-order chi connectivity index (χ0) is 72.2. The number of likely N-dealkylation sites (tertiary alicyclic amines) is 1. The van der Waals surface area contributed by atoms with Crippen molar-refractivity contribution >= 4 is 158 Å². The highest BCUT2D eigenvalue weighted by Crippen LogP contribution is 2.42. The zero-order valence-corrected chi connectivity index (χ0v) is 65.7. The number of hydrogen-bond donors (Lipinski definition) is 6. The van der Waals surface area contributed by atoms with E-state index in [2.05, 4.69) is 278 Å². The number of nitrogens with one attached hydrogen (secondary N) is 5. The van der Waals surface area contributed by atoms with Crippen molar-refractivity contribution in [3.8, 4) is 22.3 Å². The number of carbonyl (C=O) groups excluding carboxylic acids is 1. The topological polar surface area (TPSA) is 141 Å². The maximum Gasteiger partial charge on any atom is 0.494 e. The lowest BCUT2D eigenvalue weighted by atomic mass is 9.78. The number of carbonyl (C=O) groups is 1. The van der Waals surface area contributed by atoms with E-state index in [0.29, 0.717) is 11.9 Å². The van der Waals surface area contributed by atoms with Crippen molar-refractivity contribution < 1.29 is 14.1 Å². The molecule has 1 amide bonds. The van der Waals surface area contributed by atoms with Crippen molar-refractivity contribution in [3.63, 3.8) is 0 Å². The van der Waals surface area contributed by atoms with Gasteiger partial charge >= 0.3 is 7.12 Å². The standard InChI is InChI=1S/C26H30N4O.C20H19ClN2.C16H25BN2O2.C10H14BrClN2.C10H13BrN2/c1-18(31)30-13-10-21(17-30)28-22-14-19-6-3-4-7-23(19)24(16-22)20-8-9-25-26(15-20)29(2)12-5-11-27-25;1-23-10-4-9-22-19-8-7-15(12-20(19)23)18-13-16(21)11-14-5-2-3-6-17(14)18;1-15(2)16(3,4)21-17(20-15)12-7-8-13-14(11-12)19(5)10-6-9-18-13;1-14(6-2-5-12)10-7-8(11)3-4-9(10)13;1-13-6-2-5-12-9-4-3-8(11)7-10(9)13/h3-4,6-9,14-16,21,27-28H,5,10-13,17H2,1-2H3;2-3,5-8,11-13,22H,4,9-10H2,1H3;7-8,11,18H,6,9-10H2,1-5H3;3-4,7H,2,5-6,13H2,1H3;3-4,7,12H,2,5-6H2,1H3/t21-;;;;/m0..../s1. The van der Waals surface area contributed by atoms with Gasteiger partial charge in [-0.05, 0) is 213 Å². The Morgan fingerprint density at radius 1 is 0.588 bits per heavy atom. The number of alkyl halides is 1. The zero-order valence-electron chi connectivity index (χ0n) is 61.0. The van der Waals surface area contributed by atoms with Gasteiger partial charge in [-0.2, -0.15) is 0 Å². The fourth-order valence-corrected chi connectivity index (χ4v) is 14.9. The van der Waals surface area contributed by atoms with E-state index in [1.54, 1.807) is 6.92 Å². The van der Waals surface area contributed by atoms with Crippen LogP contribution in [0.2, 0.25) is 5.02 Å². The van der Waals surface area contributed by atoms with Gasteiger partial charge in [0.2, 0.25) is 5.91 Å². The summed E-state index contributed by atoms with van der Waals surface area (Å²) in [6.07, 6.45) is 6.59. The van der Waals surface area contributed by atoms with E-state index in [-0.39, 0.29) is 24.2 Å². The number of benzene rings is 9. The van der Waals surface area contributed by atoms with Gasteiger partial charge < -0.3 is 71.0 Å². The first-order chi connectivity index (χ1) is 49.0. The highest BCUT2D eigenvalue weighted by Gasteiger charge is 2.52. The monoisotopic (exact) mass is 1540 g/mol. The number of rotatable bonds is 9. The van der Waals surface area contributed by atoms with Crippen molar-refractivity contribution in [2.75, 3.05) is 170 Å². The lowest BCUT2D eigenvalue weighted by Gasteiger charge is -2.32. The lowest BCUT2D eigenvalue weighted by Crippen LogP contribution is -2.41. The second-order valence-corrected chi connectivity index (χ2v) is 31.1. The molecule has 6 heterocycles. The van der Waals surface area contributed by atoms with Crippen molar-refractivity contribution in [2.24, 2.45) is 0 Å². The fourth-order valence-electron chi connectivity index (χ4n) is 13.9. The van der Waals surface area contributed by atoms with Crippen LogP contribution < -0.4 is 62.3 Å². The number of nitrogens with two attached hydrogens (primary N) is 1. The van der Waals surface area contributed by atoms with Gasteiger partial charge in [0.1, 0.15) is 0 Å². The first kappa shape index (κ1) is 75.5. The van der Waals surface area contributed by atoms with Crippen molar-refractivity contribution in [2.45, 2.75) is 90.4 Å². The summed E-state index contributed by atoms with van der Waals surface area (Å²) in [6.45, 7) is 21.0. The maximum atomic E-state index is 11.7. The summed E-state index contributed by atoms with van der Waals surface area (Å²) in [7, 11) is 10.3. The van der Waals surface area contributed by atoms with Crippen LogP contribution in [0.3, 0.4) is 0 Å². The molecule has 20 heteroatoms. The molecular formula is C82H101BBr2Cl2N12O3. The predicted molar refractivity (Wildman–Crippen MR) is 447 cm³/mol. The van der Waals surface area contributed by atoms with Gasteiger partial charge in [0.05, 0.1) is 68.1 Å². The summed E-state index contributed by atoms with van der Waals surface area (Å²) in [4.78, 5) is 25.0. The quantitative estimate of drug-likeness (QED) is 0.0464. The summed E-state index contributed by atoms with van der Waals surface area (Å²) < 4.78 is 14.5. The molecule has 0 aromatic heterocycles.